The molecule has 3 aromatic carbocycles. The van der Waals surface area contributed by atoms with Gasteiger partial charge in [0.1, 0.15) is 17.3 Å². The zero-order valence-corrected chi connectivity index (χ0v) is 27.9. The molecule has 1 aliphatic carbocycles. The number of alkyl halides is 6. The molecule has 1 amide bonds. The van der Waals surface area contributed by atoms with Crippen molar-refractivity contribution < 1.29 is 45.4 Å². The predicted molar refractivity (Wildman–Crippen MR) is 174 cm³/mol. The molecule has 49 heavy (non-hydrogen) atoms. The quantitative estimate of drug-likeness (QED) is 0.199. The molecule has 0 spiro atoms. The van der Waals surface area contributed by atoms with Crippen LogP contribution in [0.2, 0.25) is 0 Å². The van der Waals surface area contributed by atoms with Crippen LogP contribution in [-0.4, -0.2) is 42.9 Å². The lowest BCUT2D eigenvalue weighted by atomic mass is 9.88. The van der Waals surface area contributed by atoms with Gasteiger partial charge in [-0.2, -0.15) is 26.3 Å². The summed E-state index contributed by atoms with van der Waals surface area (Å²) in [5.41, 5.74) is 0.312. The minimum absolute atomic E-state index is 0.0525. The molecule has 0 N–H and O–H groups in total. The lowest BCUT2D eigenvalue weighted by Gasteiger charge is -2.39. The summed E-state index contributed by atoms with van der Waals surface area (Å²) in [6, 6.07) is 16.6. The normalized spacial score (nSPS) is 20.3. The number of ketones is 1. The third-order valence-corrected chi connectivity index (χ3v) is 9.03. The summed E-state index contributed by atoms with van der Waals surface area (Å²) in [7, 11) is 0. The number of likely N-dealkylation sites (tertiary alicyclic amines) is 1. The van der Waals surface area contributed by atoms with Crippen molar-refractivity contribution in [2.75, 3.05) is 26.3 Å². The van der Waals surface area contributed by atoms with Gasteiger partial charge in [-0.05, 0) is 92.3 Å². The van der Waals surface area contributed by atoms with Crippen LogP contribution in [0.3, 0.4) is 0 Å². The Morgan fingerprint density at radius 1 is 0.776 bits per heavy atom. The van der Waals surface area contributed by atoms with Gasteiger partial charge in [-0.1, -0.05) is 38.1 Å². The van der Waals surface area contributed by atoms with Crippen LogP contribution in [0.15, 0.2) is 72.8 Å². The molecule has 1 aliphatic heterocycles. The largest absolute Gasteiger partial charge is 0.493 e. The summed E-state index contributed by atoms with van der Waals surface area (Å²) in [5.74, 6) is -0.0261. The lowest BCUT2D eigenvalue weighted by molar-refractivity contribution is -0.138. The van der Waals surface area contributed by atoms with E-state index in [-0.39, 0.29) is 48.4 Å². The molecule has 1 saturated carbocycles. The van der Waals surface area contributed by atoms with E-state index in [9.17, 15) is 35.9 Å². The SMILES string of the molecule is CC.CC(C(=O)N1CC(COc2ccc(C(F)(F)F)cc2)CC(COc2ccc(C(F)(F)F)cc2)C1)c1ccc(CC2CCCC2=O)cc1. The highest BCUT2D eigenvalue weighted by atomic mass is 19.4. The van der Waals surface area contributed by atoms with Crippen molar-refractivity contribution in [3.8, 4) is 11.5 Å². The van der Waals surface area contributed by atoms with Gasteiger partial charge in [0.05, 0.1) is 30.3 Å². The van der Waals surface area contributed by atoms with E-state index in [0.717, 1.165) is 48.2 Å². The molecule has 4 atom stereocenters. The van der Waals surface area contributed by atoms with Crippen molar-refractivity contribution in [1.82, 2.24) is 4.90 Å². The number of nitrogens with zero attached hydrogens (tertiary/aromatic N) is 1. The molecule has 11 heteroatoms. The lowest BCUT2D eigenvalue weighted by Crippen LogP contribution is -2.48. The first-order chi connectivity index (χ1) is 23.3. The molecule has 1 saturated heterocycles. The minimum Gasteiger partial charge on any atom is -0.493 e. The van der Waals surface area contributed by atoms with E-state index in [0.29, 0.717) is 38.1 Å². The molecule has 0 bridgehead atoms. The van der Waals surface area contributed by atoms with E-state index in [1.807, 2.05) is 45.0 Å². The third kappa shape index (κ3) is 10.5. The highest BCUT2D eigenvalue weighted by Crippen LogP contribution is 2.33. The average molecular weight is 692 g/mol. The first-order valence-electron chi connectivity index (χ1n) is 16.8. The van der Waals surface area contributed by atoms with Crippen LogP contribution < -0.4 is 9.47 Å². The molecule has 5 nitrogen and oxygen atoms in total. The second-order valence-corrected chi connectivity index (χ2v) is 12.6. The number of rotatable bonds is 10. The van der Waals surface area contributed by atoms with E-state index in [1.165, 1.54) is 24.3 Å². The Bertz CT molecular complexity index is 1430. The van der Waals surface area contributed by atoms with Crippen molar-refractivity contribution in [1.29, 1.82) is 0 Å². The van der Waals surface area contributed by atoms with Gasteiger partial charge in [0.2, 0.25) is 5.91 Å². The second kappa shape index (κ2) is 16.6. The first kappa shape index (κ1) is 37.8. The Labute approximate surface area is 283 Å². The van der Waals surface area contributed by atoms with Gasteiger partial charge >= 0.3 is 12.4 Å². The van der Waals surface area contributed by atoms with E-state index in [2.05, 4.69) is 0 Å². The fraction of sp³-hybridized carbons (Fsp3) is 0.474. The Morgan fingerprint density at radius 2 is 1.24 bits per heavy atom. The summed E-state index contributed by atoms with van der Waals surface area (Å²) in [4.78, 5) is 27.6. The van der Waals surface area contributed by atoms with Gasteiger partial charge in [0, 0.05) is 37.3 Å². The molecule has 0 radical (unpaired) electrons. The number of carbonyl (C=O) groups excluding carboxylic acids is 2. The Kier molecular flexibility index (Phi) is 12.8. The van der Waals surface area contributed by atoms with Gasteiger partial charge in [-0.15, -0.1) is 0 Å². The maximum absolute atomic E-state index is 13.8. The maximum atomic E-state index is 13.8. The summed E-state index contributed by atoms with van der Waals surface area (Å²) in [6.45, 7) is 6.85. The van der Waals surface area contributed by atoms with Crippen molar-refractivity contribution in [3.05, 3.63) is 95.1 Å². The smallest absolute Gasteiger partial charge is 0.416 e. The number of carbonyl (C=O) groups is 2. The summed E-state index contributed by atoms with van der Waals surface area (Å²) >= 11 is 0. The zero-order chi connectivity index (χ0) is 35.8. The number of halogens is 6. The number of hydrogen-bond donors (Lipinski definition) is 0. The van der Waals surface area contributed by atoms with E-state index < -0.39 is 29.4 Å². The fourth-order valence-electron chi connectivity index (χ4n) is 6.40. The topological polar surface area (TPSA) is 55.8 Å². The fourth-order valence-corrected chi connectivity index (χ4v) is 6.40. The van der Waals surface area contributed by atoms with Gasteiger partial charge in [-0.25, -0.2) is 0 Å². The Morgan fingerprint density at radius 3 is 1.65 bits per heavy atom. The summed E-state index contributed by atoms with van der Waals surface area (Å²) < 4.78 is 89.5. The van der Waals surface area contributed by atoms with Gasteiger partial charge in [-0.3, -0.25) is 9.59 Å². The molecular weight excluding hydrogens is 648 g/mol. The molecule has 4 unspecified atom stereocenters. The molecule has 3 aromatic rings. The van der Waals surface area contributed by atoms with Crippen molar-refractivity contribution in [2.45, 2.75) is 71.1 Å². The second-order valence-electron chi connectivity index (χ2n) is 12.6. The van der Waals surface area contributed by atoms with E-state index in [4.69, 9.17) is 9.47 Å². The van der Waals surface area contributed by atoms with Crippen LogP contribution in [0, 0.1) is 17.8 Å². The summed E-state index contributed by atoms with van der Waals surface area (Å²) in [5, 5.41) is 0. The first-order valence-corrected chi connectivity index (χ1v) is 16.8. The number of piperidine rings is 1. The number of ether oxygens (including phenoxy) is 2. The molecule has 2 fully saturated rings. The number of amides is 1. The van der Waals surface area contributed by atoms with Crippen molar-refractivity contribution in [3.63, 3.8) is 0 Å². The predicted octanol–water partition coefficient (Wildman–Crippen LogP) is 9.39. The van der Waals surface area contributed by atoms with Gasteiger partial charge in [0.25, 0.3) is 0 Å². The van der Waals surface area contributed by atoms with Crippen LogP contribution in [-0.2, 0) is 28.4 Å². The number of Topliss-reactive ketones (excluding diaryl/α,β-unsaturated/α-hetero) is 1. The molecule has 2 aliphatic rings. The molecule has 5 rings (SSSR count). The highest BCUT2D eigenvalue weighted by molar-refractivity contribution is 5.84. The Balaban J connectivity index is 0.00000265. The van der Waals surface area contributed by atoms with Crippen LogP contribution in [0.5, 0.6) is 11.5 Å². The average Bonchev–Trinajstić information content (AvgIpc) is 3.50. The van der Waals surface area contributed by atoms with E-state index in [1.54, 1.807) is 4.90 Å². The van der Waals surface area contributed by atoms with Crippen molar-refractivity contribution in [2.24, 2.45) is 17.8 Å². The maximum Gasteiger partial charge on any atom is 0.416 e. The van der Waals surface area contributed by atoms with Crippen molar-refractivity contribution >= 4 is 11.7 Å². The van der Waals surface area contributed by atoms with Gasteiger partial charge in [0.15, 0.2) is 0 Å². The molecule has 1 heterocycles. The minimum atomic E-state index is -4.46. The number of hydrogen-bond acceptors (Lipinski definition) is 4. The van der Waals surface area contributed by atoms with Crippen LogP contribution in [0.4, 0.5) is 26.3 Å². The molecule has 266 valence electrons. The third-order valence-electron chi connectivity index (χ3n) is 9.03. The number of benzene rings is 3. The van der Waals surface area contributed by atoms with Gasteiger partial charge < -0.3 is 14.4 Å². The Hall–Kier alpha value is -4.02. The van der Waals surface area contributed by atoms with Crippen LogP contribution in [0.1, 0.15) is 74.6 Å². The summed E-state index contributed by atoms with van der Waals surface area (Å²) in [6.07, 6.45) is -5.20. The molecule has 0 aromatic heterocycles. The standard InChI is InChI=1S/C36H37F6NO4.C2H6/c1-23(27-7-5-24(6-8-27)18-28-3-2-4-33(28)44)34(45)43-19-25(21-46-31-13-9-29(10-14-31)35(37,38)39)17-26(20-43)22-47-32-15-11-30(12-16-32)36(40,41)42;1-2/h5-16,23,25-26,28H,2-4,17-22H2,1H3;1-2H3. The molecular formula is C38H43F6NO4. The van der Waals surface area contributed by atoms with E-state index >= 15 is 0 Å². The van der Waals surface area contributed by atoms with Crippen LogP contribution in [0.25, 0.3) is 0 Å². The zero-order valence-electron chi connectivity index (χ0n) is 27.9. The monoisotopic (exact) mass is 691 g/mol. The highest BCUT2D eigenvalue weighted by Gasteiger charge is 2.34. The van der Waals surface area contributed by atoms with Crippen LogP contribution >= 0.6 is 0 Å².